The van der Waals surface area contributed by atoms with E-state index < -0.39 is 11.8 Å². The number of benzene rings is 1. The Morgan fingerprint density at radius 3 is 2.42 bits per heavy atom. The standard InChI is InChI=1S/C13H8Cl2FNO2/c1-19-13(18)12-10(5-17-6-11(12)16)7-2-8(14)4-9(15)3-7/h2-6H,1H3. The summed E-state index contributed by atoms with van der Waals surface area (Å²) >= 11 is 11.8. The van der Waals surface area contributed by atoms with Gasteiger partial charge in [-0.2, -0.15) is 0 Å². The molecule has 0 fully saturated rings. The number of rotatable bonds is 2. The molecule has 0 aliphatic heterocycles. The molecule has 0 atom stereocenters. The van der Waals surface area contributed by atoms with Crippen LogP contribution in [-0.2, 0) is 4.74 Å². The number of carbonyl (C=O) groups is 1. The number of halogens is 3. The van der Waals surface area contributed by atoms with E-state index in [2.05, 4.69) is 9.72 Å². The maximum Gasteiger partial charge on any atom is 0.341 e. The zero-order valence-corrected chi connectivity index (χ0v) is 11.3. The van der Waals surface area contributed by atoms with Crippen LogP contribution in [0, 0.1) is 5.82 Å². The van der Waals surface area contributed by atoms with Crippen molar-refractivity contribution in [2.75, 3.05) is 7.11 Å². The van der Waals surface area contributed by atoms with E-state index in [9.17, 15) is 9.18 Å². The zero-order valence-electron chi connectivity index (χ0n) is 9.78. The Morgan fingerprint density at radius 2 is 1.84 bits per heavy atom. The Bertz CT molecular complexity index is 626. The van der Waals surface area contributed by atoms with Gasteiger partial charge in [-0.25, -0.2) is 9.18 Å². The highest BCUT2D eigenvalue weighted by Crippen LogP contribution is 2.30. The van der Waals surface area contributed by atoms with E-state index in [1.807, 2.05) is 0 Å². The van der Waals surface area contributed by atoms with E-state index in [4.69, 9.17) is 23.2 Å². The molecule has 19 heavy (non-hydrogen) atoms. The lowest BCUT2D eigenvalue weighted by molar-refractivity contribution is 0.0596. The second-order valence-corrected chi connectivity index (χ2v) is 4.57. The van der Waals surface area contributed by atoms with Crippen LogP contribution in [0.3, 0.4) is 0 Å². The SMILES string of the molecule is COC(=O)c1c(F)cncc1-c1cc(Cl)cc(Cl)c1. The molecule has 1 aromatic carbocycles. The normalized spacial score (nSPS) is 10.3. The van der Waals surface area contributed by atoms with Crippen molar-refractivity contribution in [3.8, 4) is 11.1 Å². The van der Waals surface area contributed by atoms with E-state index in [1.54, 1.807) is 12.1 Å². The Balaban J connectivity index is 2.68. The van der Waals surface area contributed by atoms with Crippen molar-refractivity contribution in [3.05, 3.63) is 52.0 Å². The Labute approximate surface area is 118 Å². The fourth-order valence-electron chi connectivity index (χ4n) is 1.67. The molecule has 0 radical (unpaired) electrons. The van der Waals surface area contributed by atoms with Crippen LogP contribution in [0.15, 0.2) is 30.6 Å². The molecule has 0 bridgehead atoms. The Kier molecular flexibility index (Phi) is 4.02. The summed E-state index contributed by atoms with van der Waals surface area (Å²) in [6, 6.07) is 4.67. The van der Waals surface area contributed by atoms with E-state index >= 15 is 0 Å². The van der Waals surface area contributed by atoms with Gasteiger partial charge in [0.25, 0.3) is 0 Å². The lowest BCUT2D eigenvalue weighted by Crippen LogP contribution is -2.07. The second-order valence-electron chi connectivity index (χ2n) is 3.69. The van der Waals surface area contributed by atoms with Gasteiger partial charge in [-0.1, -0.05) is 23.2 Å². The molecule has 6 heteroatoms. The maximum atomic E-state index is 13.7. The van der Waals surface area contributed by atoms with E-state index in [0.29, 0.717) is 15.6 Å². The molecule has 3 nitrogen and oxygen atoms in total. The quantitative estimate of drug-likeness (QED) is 0.787. The third-order valence-corrected chi connectivity index (χ3v) is 2.90. The van der Waals surface area contributed by atoms with Crippen molar-refractivity contribution >= 4 is 29.2 Å². The number of ether oxygens (including phenoxy) is 1. The van der Waals surface area contributed by atoms with Gasteiger partial charge < -0.3 is 4.74 Å². The minimum atomic E-state index is -0.786. The van der Waals surface area contributed by atoms with Crippen molar-refractivity contribution in [1.29, 1.82) is 0 Å². The first-order chi connectivity index (χ1) is 9.02. The lowest BCUT2D eigenvalue weighted by Gasteiger charge is -2.09. The lowest BCUT2D eigenvalue weighted by atomic mass is 10.0. The number of hydrogen-bond donors (Lipinski definition) is 0. The highest BCUT2D eigenvalue weighted by molar-refractivity contribution is 6.35. The van der Waals surface area contributed by atoms with Gasteiger partial charge >= 0.3 is 5.97 Å². The summed E-state index contributed by atoms with van der Waals surface area (Å²) < 4.78 is 18.3. The predicted octanol–water partition coefficient (Wildman–Crippen LogP) is 3.98. The van der Waals surface area contributed by atoms with Crippen LogP contribution in [-0.4, -0.2) is 18.1 Å². The van der Waals surface area contributed by atoms with Crippen molar-refractivity contribution in [2.24, 2.45) is 0 Å². The summed E-state index contributed by atoms with van der Waals surface area (Å²) in [6.07, 6.45) is 2.30. The van der Waals surface area contributed by atoms with E-state index in [-0.39, 0.29) is 11.1 Å². The number of carbonyl (C=O) groups excluding carboxylic acids is 1. The molecular formula is C13H8Cl2FNO2. The summed E-state index contributed by atoms with van der Waals surface area (Å²) in [4.78, 5) is 15.4. The average Bonchev–Trinajstić information content (AvgIpc) is 2.36. The highest BCUT2D eigenvalue weighted by atomic mass is 35.5. The molecule has 2 rings (SSSR count). The molecule has 98 valence electrons. The minimum absolute atomic E-state index is 0.198. The van der Waals surface area contributed by atoms with Crippen molar-refractivity contribution in [1.82, 2.24) is 4.98 Å². The van der Waals surface area contributed by atoms with Crippen LogP contribution in [0.25, 0.3) is 11.1 Å². The van der Waals surface area contributed by atoms with Crippen LogP contribution in [0.5, 0.6) is 0 Å². The molecule has 0 aliphatic carbocycles. The number of aromatic nitrogens is 1. The molecule has 1 heterocycles. The summed E-state index contributed by atoms with van der Waals surface area (Å²) in [5.74, 6) is -1.55. The molecule has 0 unspecified atom stereocenters. The molecule has 1 aromatic heterocycles. The number of pyridine rings is 1. The van der Waals surface area contributed by atoms with Gasteiger partial charge in [0.1, 0.15) is 5.56 Å². The van der Waals surface area contributed by atoms with Gasteiger partial charge in [0.15, 0.2) is 5.82 Å². The maximum absolute atomic E-state index is 13.7. The number of methoxy groups -OCH3 is 1. The van der Waals surface area contributed by atoms with Crippen LogP contribution < -0.4 is 0 Å². The van der Waals surface area contributed by atoms with Crippen LogP contribution in [0.4, 0.5) is 4.39 Å². The Morgan fingerprint density at radius 1 is 1.21 bits per heavy atom. The molecule has 0 aliphatic rings. The Hall–Kier alpha value is -1.65. The minimum Gasteiger partial charge on any atom is -0.465 e. The molecule has 0 saturated heterocycles. The van der Waals surface area contributed by atoms with Crippen molar-refractivity contribution in [3.63, 3.8) is 0 Å². The van der Waals surface area contributed by atoms with Crippen molar-refractivity contribution < 1.29 is 13.9 Å². The smallest absolute Gasteiger partial charge is 0.341 e. The third kappa shape index (κ3) is 2.85. The van der Waals surface area contributed by atoms with Gasteiger partial charge in [0.05, 0.1) is 13.3 Å². The monoisotopic (exact) mass is 299 g/mol. The third-order valence-electron chi connectivity index (χ3n) is 2.46. The molecule has 0 amide bonds. The topological polar surface area (TPSA) is 39.2 Å². The molecule has 2 aromatic rings. The number of nitrogens with zero attached hydrogens (tertiary/aromatic N) is 1. The first-order valence-corrected chi connectivity index (χ1v) is 5.97. The predicted molar refractivity (Wildman–Crippen MR) is 71.0 cm³/mol. The van der Waals surface area contributed by atoms with Gasteiger partial charge in [-0.05, 0) is 23.8 Å². The average molecular weight is 300 g/mol. The van der Waals surface area contributed by atoms with Crippen LogP contribution >= 0.6 is 23.2 Å². The number of hydrogen-bond acceptors (Lipinski definition) is 3. The first kappa shape index (κ1) is 13.8. The molecular weight excluding hydrogens is 292 g/mol. The fourth-order valence-corrected chi connectivity index (χ4v) is 2.20. The van der Waals surface area contributed by atoms with Gasteiger partial charge in [0, 0.05) is 21.8 Å². The number of esters is 1. The summed E-state index contributed by atoms with van der Waals surface area (Å²) in [5, 5.41) is 0.755. The zero-order chi connectivity index (χ0) is 14.0. The fraction of sp³-hybridized carbons (Fsp3) is 0.0769. The second kappa shape index (κ2) is 5.55. The van der Waals surface area contributed by atoms with E-state index in [1.165, 1.54) is 19.4 Å². The van der Waals surface area contributed by atoms with Crippen LogP contribution in [0.1, 0.15) is 10.4 Å². The van der Waals surface area contributed by atoms with Gasteiger partial charge in [0.2, 0.25) is 0 Å². The highest BCUT2D eigenvalue weighted by Gasteiger charge is 2.19. The summed E-state index contributed by atoms with van der Waals surface area (Å²) in [5.41, 5.74) is 0.567. The molecule has 0 saturated carbocycles. The van der Waals surface area contributed by atoms with Gasteiger partial charge in [-0.15, -0.1) is 0 Å². The van der Waals surface area contributed by atoms with Crippen LogP contribution in [0.2, 0.25) is 10.0 Å². The molecule has 0 spiro atoms. The van der Waals surface area contributed by atoms with E-state index in [0.717, 1.165) is 6.20 Å². The van der Waals surface area contributed by atoms with Gasteiger partial charge in [-0.3, -0.25) is 4.98 Å². The van der Waals surface area contributed by atoms with Crippen molar-refractivity contribution in [2.45, 2.75) is 0 Å². The molecule has 0 N–H and O–H groups in total. The largest absolute Gasteiger partial charge is 0.465 e. The first-order valence-electron chi connectivity index (χ1n) is 5.21. The summed E-state index contributed by atoms with van der Waals surface area (Å²) in [7, 11) is 1.18. The summed E-state index contributed by atoms with van der Waals surface area (Å²) in [6.45, 7) is 0.